The van der Waals surface area contributed by atoms with Crippen molar-refractivity contribution in [1.82, 2.24) is 10.2 Å². The summed E-state index contributed by atoms with van der Waals surface area (Å²) in [4.78, 5) is 2.47. The zero-order valence-electron chi connectivity index (χ0n) is 14.3. The molecule has 0 spiro atoms. The SMILES string of the molecule is CNC(CCN(C)C(C)C(C)(C)C)c1ccc(C)cc1. The van der Waals surface area contributed by atoms with Crippen molar-refractivity contribution in [1.29, 1.82) is 0 Å². The molecule has 0 aliphatic carbocycles. The minimum absolute atomic E-state index is 0.327. The summed E-state index contributed by atoms with van der Waals surface area (Å²) in [7, 11) is 4.29. The van der Waals surface area contributed by atoms with Crippen LogP contribution in [0.1, 0.15) is 51.3 Å². The molecule has 0 bridgehead atoms. The number of aryl methyl sites for hydroxylation is 1. The van der Waals surface area contributed by atoms with Crippen LogP contribution in [-0.2, 0) is 0 Å². The molecule has 2 unspecified atom stereocenters. The fourth-order valence-electron chi connectivity index (χ4n) is 2.46. The van der Waals surface area contributed by atoms with Gasteiger partial charge in [-0.15, -0.1) is 0 Å². The maximum Gasteiger partial charge on any atom is 0.0329 e. The third-order valence-electron chi connectivity index (χ3n) is 4.51. The lowest BCUT2D eigenvalue weighted by Crippen LogP contribution is -2.40. The van der Waals surface area contributed by atoms with Crippen LogP contribution in [-0.4, -0.2) is 31.6 Å². The van der Waals surface area contributed by atoms with Gasteiger partial charge in [-0.25, -0.2) is 0 Å². The zero-order chi connectivity index (χ0) is 15.3. The quantitative estimate of drug-likeness (QED) is 0.844. The average Bonchev–Trinajstić information content (AvgIpc) is 2.39. The third-order valence-corrected chi connectivity index (χ3v) is 4.51. The van der Waals surface area contributed by atoms with E-state index in [1.165, 1.54) is 11.1 Å². The Morgan fingerprint density at radius 2 is 1.70 bits per heavy atom. The molecule has 0 fully saturated rings. The Morgan fingerprint density at radius 1 is 1.15 bits per heavy atom. The van der Waals surface area contributed by atoms with Crippen molar-refractivity contribution in [2.24, 2.45) is 5.41 Å². The Kier molecular flexibility index (Phi) is 6.22. The molecule has 2 heteroatoms. The lowest BCUT2D eigenvalue weighted by atomic mass is 9.87. The van der Waals surface area contributed by atoms with Crippen molar-refractivity contribution in [3.8, 4) is 0 Å². The van der Waals surface area contributed by atoms with E-state index in [9.17, 15) is 0 Å². The van der Waals surface area contributed by atoms with E-state index >= 15 is 0 Å². The standard InChI is InChI=1S/C18H32N2/c1-14-8-10-16(11-9-14)17(19-6)12-13-20(7)15(2)18(3,4)5/h8-11,15,17,19H,12-13H2,1-7H3. The van der Waals surface area contributed by atoms with Gasteiger partial charge in [-0.05, 0) is 51.9 Å². The highest BCUT2D eigenvalue weighted by Crippen LogP contribution is 2.24. The molecule has 1 aromatic carbocycles. The molecule has 0 heterocycles. The molecular formula is C18H32N2. The second-order valence-corrected chi connectivity index (χ2v) is 7.06. The molecular weight excluding hydrogens is 244 g/mol. The van der Waals surface area contributed by atoms with Crippen molar-refractivity contribution >= 4 is 0 Å². The first-order valence-electron chi connectivity index (χ1n) is 7.69. The van der Waals surface area contributed by atoms with Crippen molar-refractivity contribution in [3.63, 3.8) is 0 Å². The van der Waals surface area contributed by atoms with Crippen LogP contribution in [0.25, 0.3) is 0 Å². The molecule has 0 aliphatic rings. The van der Waals surface area contributed by atoms with Crippen molar-refractivity contribution in [3.05, 3.63) is 35.4 Å². The molecule has 0 saturated heterocycles. The number of hydrogen-bond acceptors (Lipinski definition) is 2. The summed E-state index contributed by atoms with van der Waals surface area (Å²) in [5.41, 5.74) is 3.03. The van der Waals surface area contributed by atoms with Gasteiger partial charge in [0.15, 0.2) is 0 Å². The Hall–Kier alpha value is -0.860. The molecule has 0 amide bonds. The van der Waals surface area contributed by atoms with E-state index in [0.717, 1.165) is 13.0 Å². The lowest BCUT2D eigenvalue weighted by Gasteiger charge is -2.36. The maximum atomic E-state index is 3.44. The number of hydrogen-bond donors (Lipinski definition) is 1. The fraction of sp³-hybridized carbons (Fsp3) is 0.667. The van der Waals surface area contributed by atoms with Gasteiger partial charge in [-0.2, -0.15) is 0 Å². The Bertz CT molecular complexity index is 389. The first kappa shape index (κ1) is 17.2. The number of benzene rings is 1. The lowest BCUT2D eigenvalue weighted by molar-refractivity contribution is 0.136. The van der Waals surface area contributed by atoms with Gasteiger partial charge in [0.05, 0.1) is 0 Å². The van der Waals surface area contributed by atoms with Crippen LogP contribution in [0.3, 0.4) is 0 Å². The summed E-state index contributed by atoms with van der Waals surface area (Å²) in [6.07, 6.45) is 1.14. The predicted molar refractivity (Wildman–Crippen MR) is 89.1 cm³/mol. The van der Waals surface area contributed by atoms with Crippen LogP contribution in [0.15, 0.2) is 24.3 Å². The summed E-state index contributed by atoms with van der Waals surface area (Å²) >= 11 is 0. The molecule has 0 aliphatic heterocycles. The van der Waals surface area contributed by atoms with E-state index in [1.807, 2.05) is 0 Å². The highest BCUT2D eigenvalue weighted by Gasteiger charge is 2.24. The molecule has 20 heavy (non-hydrogen) atoms. The highest BCUT2D eigenvalue weighted by molar-refractivity contribution is 5.24. The van der Waals surface area contributed by atoms with Crippen LogP contribution in [0, 0.1) is 12.3 Å². The Labute approximate surface area is 125 Å². The van der Waals surface area contributed by atoms with E-state index in [-0.39, 0.29) is 0 Å². The average molecular weight is 276 g/mol. The van der Waals surface area contributed by atoms with Gasteiger partial charge in [0.2, 0.25) is 0 Å². The van der Waals surface area contributed by atoms with Gasteiger partial charge < -0.3 is 10.2 Å². The summed E-state index contributed by atoms with van der Waals surface area (Å²) < 4.78 is 0. The molecule has 1 rings (SSSR count). The maximum absolute atomic E-state index is 3.44. The van der Waals surface area contributed by atoms with Crippen molar-refractivity contribution < 1.29 is 0 Å². The van der Waals surface area contributed by atoms with Crippen LogP contribution in [0.2, 0.25) is 0 Å². The normalized spacial score (nSPS) is 15.4. The fourth-order valence-corrected chi connectivity index (χ4v) is 2.46. The monoisotopic (exact) mass is 276 g/mol. The molecule has 114 valence electrons. The minimum atomic E-state index is 0.327. The smallest absolute Gasteiger partial charge is 0.0329 e. The molecule has 0 aromatic heterocycles. The first-order valence-corrected chi connectivity index (χ1v) is 7.69. The number of rotatable bonds is 6. The van der Waals surface area contributed by atoms with Crippen LogP contribution in [0.4, 0.5) is 0 Å². The van der Waals surface area contributed by atoms with Crippen LogP contribution in [0.5, 0.6) is 0 Å². The number of nitrogens with zero attached hydrogens (tertiary/aromatic N) is 1. The minimum Gasteiger partial charge on any atom is -0.313 e. The Morgan fingerprint density at radius 3 is 2.15 bits per heavy atom. The van der Waals surface area contributed by atoms with Gasteiger partial charge in [0.25, 0.3) is 0 Å². The van der Waals surface area contributed by atoms with Crippen molar-refractivity contribution in [2.75, 3.05) is 20.6 Å². The van der Waals surface area contributed by atoms with E-state index in [1.54, 1.807) is 0 Å². The van der Waals surface area contributed by atoms with E-state index in [4.69, 9.17) is 0 Å². The number of nitrogens with one attached hydrogen (secondary N) is 1. The molecule has 2 atom stereocenters. The highest BCUT2D eigenvalue weighted by atomic mass is 15.1. The van der Waals surface area contributed by atoms with E-state index < -0.39 is 0 Å². The van der Waals surface area contributed by atoms with Crippen molar-refractivity contribution in [2.45, 2.75) is 53.1 Å². The summed E-state index contributed by atoms with van der Waals surface area (Å²) in [5.74, 6) is 0. The summed E-state index contributed by atoms with van der Waals surface area (Å²) in [6.45, 7) is 12.5. The topological polar surface area (TPSA) is 15.3 Å². The molecule has 0 radical (unpaired) electrons. The van der Waals surface area contributed by atoms with E-state index in [0.29, 0.717) is 17.5 Å². The summed E-state index contributed by atoms with van der Waals surface area (Å²) in [6, 6.07) is 9.89. The van der Waals surface area contributed by atoms with E-state index in [2.05, 4.69) is 83.2 Å². The Balaban J connectivity index is 2.60. The van der Waals surface area contributed by atoms with Crippen LogP contribution < -0.4 is 5.32 Å². The predicted octanol–water partition coefficient (Wildman–Crippen LogP) is 4.01. The summed E-state index contributed by atoms with van der Waals surface area (Å²) in [5, 5.41) is 3.44. The van der Waals surface area contributed by atoms with Gasteiger partial charge in [-0.1, -0.05) is 50.6 Å². The van der Waals surface area contributed by atoms with Gasteiger partial charge in [0.1, 0.15) is 0 Å². The van der Waals surface area contributed by atoms with Gasteiger partial charge in [-0.3, -0.25) is 0 Å². The van der Waals surface area contributed by atoms with Crippen LogP contribution >= 0.6 is 0 Å². The van der Waals surface area contributed by atoms with Gasteiger partial charge in [0, 0.05) is 12.1 Å². The molecule has 0 saturated carbocycles. The molecule has 2 nitrogen and oxygen atoms in total. The zero-order valence-corrected chi connectivity index (χ0v) is 14.3. The first-order chi connectivity index (χ1) is 9.25. The second-order valence-electron chi connectivity index (χ2n) is 7.06. The second kappa shape index (κ2) is 7.24. The van der Waals surface area contributed by atoms with Gasteiger partial charge >= 0.3 is 0 Å². The third kappa shape index (κ3) is 4.92. The largest absolute Gasteiger partial charge is 0.313 e. The molecule has 1 N–H and O–H groups in total. The molecule has 1 aromatic rings.